The first kappa shape index (κ1) is 11.4. The second kappa shape index (κ2) is 4.05. The molecule has 2 aliphatic heterocycles. The van der Waals surface area contributed by atoms with E-state index in [-0.39, 0.29) is 5.60 Å². The van der Waals surface area contributed by atoms with Crippen LogP contribution in [-0.2, 0) is 16.9 Å². The zero-order valence-corrected chi connectivity index (χ0v) is 11.3. The van der Waals surface area contributed by atoms with Crippen LogP contribution in [0.25, 0.3) is 10.9 Å². The van der Waals surface area contributed by atoms with Crippen molar-refractivity contribution in [2.45, 2.75) is 25.0 Å². The molecule has 0 unspecified atom stereocenters. The number of nitrogens with zero attached hydrogens (tertiary/aromatic N) is 3. The fourth-order valence-corrected chi connectivity index (χ4v) is 3.48. The van der Waals surface area contributed by atoms with E-state index < -0.39 is 0 Å². The van der Waals surface area contributed by atoms with Crippen molar-refractivity contribution in [3.8, 4) is 0 Å². The molecule has 1 aromatic carbocycles. The van der Waals surface area contributed by atoms with Gasteiger partial charge in [0, 0.05) is 18.5 Å². The van der Waals surface area contributed by atoms with E-state index in [2.05, 4.69) is 40.9 Å². The van der Waals surface area contributed by atoms with Crippen LogP contribution in [0.5, 0.6) is 0 Å². The number of ether oxygens (including phenoxy) is 1. The molecule has 4 nitrogen and oxygen atoms in total. The molecule has 0 amide bonds. The monoisotopic (exact) mass is 257 g/mol. The van der Waals surface area contributed by atoms with Crippen molar-refractivity contribution in [2.75, 3.05) is 26.7 Å². The average molecular weight is 257 g/mol. The molecule has 0 saturated carbocycles. The molecule has 1 spiro atoms. The zero-order valence-electron chi connectivity index (χ0n) is 11.3. The first-order valence-electron chi connectivity index (χ1n) is 7.07. The lowest BCUT2D eigenvalue weighted by atomic mass is 9.85. The topological polar surface area (TPSA) is 30.3 Å². The van der Waals surface area contributed by atoms with Crippen LogP contribution in [0.4, 0.5) is 0 Å². The van der Waals surface area contributed by atoms with Crippen LogP contribution in [0.1, 0.15) is 18.5 Å². The highest BCUT2D eigenvalue weighted by Crippen LogP contribution is 2.41. The lowest BCUT2D eigenvalue weighted by Gasteiger charge is -2.43. The Kier molecular flexibility index (Phi) is 2.44. The van der Waals surface area contributed by atoms with E-state index in [0.717, 1.165) is 44.6 Å². The van der Waals surface area contributed by atoms with E-state index in [1.54, 1.807) is 0 Å². The first-order chi connectivity index (χ1) is 9.28. The molecule has 4 heteroatoms. The van der Waals surface area contributed by atoms with Crippen molar-refractivity contribution in [3.63, 3.8) is 0 Å². The SMILES string of the molecule is CN1CCC2(CC1)OCCn1nc3ccccc3c12. The Morgan fingerprint density at radius 1 is 1.16 bits per heavy atom. The third-order valence-corrected chi connectivity index (χ3v) is 4.55. The van der Waals surface area contributed by atoms with Gasteiger partial charge in [-0.15, -0.1) is 0 Å². The number of benzene rings is 1. The van der Waals surface area contributed by atoms with Gasteiger partial charge < -0.3 is 9.64 Å². The molecule has 2 aliphatic rings. The first-order valence-corrected chi connectivity index (χ1v) is 7.07. The average Bonchev–Trinajstić information content (AvgIpc) is 2.82. The van der Waals surface area contributed by atoms with Gasteiger partial charge >= 0.3 is 0 Å². The Morgan fingerprint density at radius 2 is 1.95 bits per heavy atom. The molecule has 0 N–H and O–H groups in total. The normalized spacial score (nSPS) is 22.8. The van der Waals surface area contributed by atoms with Crippen molar-refractivity contribution < 1.29 is 4.74 Å². The Bertz CT molecular complexity index is 611. The van der Waals surface area contributed by atoms with E-state index in [1.807, 2.05) is 0 Å². The van der Waals surface area contributed by atoms with Crippen LogP contribution < -0.4 is 0 Å². The molecule has 3 heterocycles. The van der Waals surface area contributed by atoms with Crippen LogP contribution in [0.3, 0.4) is 0 Å². The summed E-state index contributed by atoms with van der Waals surface area (Å²) in [4.78, 5) is 2.38. The summed E-state index contributed by atoms with van der Waals surface area (Å²) in [7, 11) is 2.19. The van der Waals surface area contributed by atoms with Crippen LogP contribution in [-0.4, -0.2) is 41.4 Å². The fourth-order valence-electron chi connectivity index (χ4n) is 3.48. The summed E-state index contributed by atoms with van der Waals surface area (Å²) in [5, 5.41) is 6.02. The Balaban J connectivity index is 1.89. The Labute approximate surface area is 113 Å². The van der Waals surface area contributed by atoms with Crippen molar-refractivity contribution in [3.05, 3.63) is 30.0 Å². The molecule has 0 radical (unpaired) electrons. The number of aromatic nitrogens is 2. The van der Waals surface area contributed by atoms with Gasteiger partial charge in [-0.3, -0.25) is 4.68 Å². The predicted octanol–water partition coefficient (Wildman–Crippen LogP) is 1.99. The quantitative estimate of drug-likeness (QED) is 0.723. The summed E-state index contributed by atoms with van der Waals surface area (Å²) in [5.74, 6) is 0. The number of fused-ring (bicyclic) bond motifs is 4. The molecule has 100 valence electrons. The van der Waals surface area contributed by atoms with E-state index in [4.69, 9.17) is 9.84 Å². The summed E-state index contributed by atoms with van der Waals surface area (Å²) in [6.07, 6.45) is 2.14. The maximum absolute atomic E-state index is 6.26. The van der Waals surface area contributed by atoms with E-state index >= 15 is 0 Å². The van der Waals surface area contributed by atoms with Crippen LogP contribution in [0.2, 0.25) is 0 Å². The minimum absolute atomic E-state index is 0.110. The molecule has 1 aromatic heterocycles. The van der Waals surface area contributed by atoms with E-state index in [9.17, 15) is 0 Å². The predicted molar refractivity (Wildman–Crippen MR) is 74.1 cm³/mol. The highest BCUT2D eigenvalue weighted by molar-refractivity contribution is 5.82. The van der Waals surface area contributed by atoms with Gasteiger partial charge in [-0.05, 0) is 26.0 Å². The number of hydrogen-bond donors (Lipinski definition) is 0. The van der Waals surface area contributed by atoms with Gasteiger partial charge in [-0.25, -0.2) is 0 Å². The second-order valence-corrected chi connectivity index (χ2v) is 5.73. The third-order valence-electron chi connectivity index (χ3n) is 4.55. The number of likely N-dealkylation sites (tertiary alicyclic amines) is 1. The third kappa shape index (κ3) is 1.63. The second-order valence-electron chi connectivity index (χ2n) is 5.73. The van der Waals surface area contributed by atoms with Gasteiger partial charge in [0.15, 0.2) is 0 Å². The molecular formula is C15H19N3O. The summed E-state index contributed by atoms with van der Waals surface area (Å²) in [6, 6.07) is 8.44. The van der Waals surface area contributed by atoms with E-state index in [1.165, 1.54) is 11.1 Å². The minimum atomic E-state index is -0.110. The summed E-state index contributed by atoms with van der Waals surface area (Å²) in [5.41, 5.74) is 2.30. The Hall–Kier alpha value is -1.39. The molecule has 1 fully saturated rings. The molecule has 4 rings (SSSR count). The van der Waals surface area contributed by atoms with Crippen LogP contribution in [0.15, 0.2) is 24.3 Å². The largest absolute Gasteiger partial charge is 0.367 e. The van der Waals surface area contributed by atoms with Gasteiger partial charge in [-0.2, -0.15) is 5.10 Å². The van der Waals surface area contributed by atoms with Crippen molar-refractivity contribution >= 4 is 10.9 Å². The maximum Gasteiger partial charge on any atom is 0.113 e. The lowest BCUT2D eigenvalue weighted by molar-refractivity contribution is -0.111. The highest BCUT2D eigenvalue weighted by atomic mass is 16.5. The number of rotatable bonds is 0. The van der Waals surface area contributed by atoms with Gasteiger partial charge in [0.1, 0.15) is 5.60 Å². The lowest BCUT2D eigenvalue weighted by Crippen LogP contribution is -2.46. The number of hydrogen-bond acceptors (Lipinski definition) is 3. The van der Waals surface area contributed by atoms with Crippen molar-refractivity contribution in [2.24, 2.45) is 0 Å². The maximum atomic E-state index is 6.26. The minimum Gasteiger partial charge on any atom is -0.367 e. The molecule has 0 aliphatic carbocycles. The molecular weight excluding hydrogens is 238 g/mol. The molecule has 2 aromatic rings. The van der Waals surface area contributed by atoms with Gasteiger partial charge in [-0.1, -0.05) is 18.2 Å². The van der Waals surface area contributed by atoms with E-state index in [0.29, 0.717) is 0 Å². The zero-order chi connectivity index (χ0) is 12.9. The molecule has 1 saturated heterocycles. The van der Waals surface area contributed by atoms with Crippen LogP contribution in [0, 0.1) is 0 Å². The van der Waals surface area contributed by atoms with Gasteiger partial charge in [0.2, 0.25) is 0 Å². The summed E-state index contributed by atoms with van der Waals surface area (Å²) >= 11 is 0. The number of piperidine rings is 1. The summed E-state index contributed by atoms with van der Waals surface area (Å²) < 4.78 is 8.44. The summed E-state index contributed by atoms with van der Waals surface area (Å²) in [6.45, 7) is 3.85. The molecule has 19 heavy (non-hydrogen) atoms. The molecule has 0 atom stereocenters. The standard InChI is InChI=1S/C15H19N3O/c1-17-8-6-15(7-9-17)14-12-4-2-3-5-13(12)16-18(14)10-11-19-15/h2-5H,6-11H2,1H3. The van der Waals surface area contributed by atoms with Crippen LogP contribution >= 0.6 is 0 Å². The van der Waals surface area contributed by atoms with Gasteiger partial charge in [0.05, 0.1) is 24.4 Å². The highest BCUT2D eigenvalue weighted by Gasteiger charge is 2.42. The van der Waals surface area contributed by atoms with Gasteiger partial charge in [0.25, 0.3) is 0 Å². The van der Waals surface area contributed by atoms with Crippen molar-refractivity contribution in [1.29, 1.82) is 0 Å². The smallest absolute Gasteiger partial charge is 0.113 e. The van der Waals surface area contributed by atoms with Crippen molar-refractivity contribution in [1.82, 2.24) is 14.7 Å². The Morgan fingerprint density at radius 3 is 2.79 bits per heavy atom. The fraction of sp³-hybridized carbons (Fsp3) is 0.533. The molecule has 0 bridgehead atoms.